The van der Waals surface area contributed by atoms with Crippen molar-refractivity contribution in [1.29, 1.82) is 0 Å². The van der Waals surface area contributed by atoms with E-state index in [9.17, 15) is 9.59 Å². The van der Waals surface area contributed by atoms with Crippen LogP contribution >= 0.6 is 17.0 Å². The Balaban J connectivity index is 0.000000233. The molecule has 0 aromatic heterocycles. The van der Waals surface area contributed by atoms with Gasteiger partial charge in [0.15, 0.2) is 12.8 Å². The van der Waals surface area contributed by atoms with Crippen LogP contribution in [0.2, 0.25) is 0 Å². The number of hydrogen-bond acceptors (Lipinski definition) is 2. The molecule has 0 unspecified atom stereocenters. The molecule has 6 rings (SSSR count). The predicted octanol–water partition coefficient (Wildman–Crippen LogP) is 12.8. The predicted molar refractivity (Wildman–Crippen MR) is 231 cm³/mol. The summed E-state index contributed by atoms with van der Waals surface area (Å²) in [5, 5.41) is 9.77. The van der Waals surface area contributed by atoms with E-state index >= 15 is 0 Å². The van der Waals surface area contributed by atoms with Crippen LogP contribution in [0.3, 0.4) is 0 Å². The minimum absolute atomic E-state index is 0.455. The van der Waals surface area contributed by atoms with Crippen molar-refractivity contribution in [1.82, 2.24) is 10.5 Å². The molecule has 0 aliphatic heterocycles. The quantitative estimate of drug-likeness (QED) is 0.0497. The molecule has 281 valence electrons. The second kappa shape index (κ2) is 24.9. The standard InChI is InChI=1S/2C22H25.C2H4BN2O2.2ClH.Zr/c2*1-4-5-9-17-14-18-10-8-13-21(22(18)15-17)20-12-7-6-11-19(20)16(2)3;6-1-4-3-5-2-7;;;/h2*6-8,10-16H,4-5,9H2,1-3H3;1-2H,(H,4,6)(H,5,7);2*1H;/q2*-1;;;;+4/p-2. The van der Waals surface area contributed by atoms with Gasteiger partial charge in [0, 0.05) is 0 Å². The monoisotopic (exact) mass is 837 g/mol. The topological polar surface area (TPSA) is 58.2 Å². The number of rotatable bonds is 14. The maximum absolute atomic E-state index is 9.38. The van der Waals surface area contributed by atoms with Crippen molar-refractivity contribution >= 4 is 58.9 Å². The molecule has 0 spiro atoms. The summed E-state index contributed by atoms with van der Waals surface area (Å²) in [5.41, 5.74) is 11.4. The Hall–Kier alpha value is -3.43. The molecule has 2 amide bonds. The van der Waals surface area contributed by atoms with E-state index in [0.717, 1.165) is 7.55 Å². The fourth-order valence-electron chi connectivity index (χ4n) is 6.72. The van der Waals surface area contributed by atoms with E-state index in [1.807, 2.05) is 0 Å². The van der Waals surface area contributed by atoms with Crippen LogP contribution < -0.4 is 10.5 Å². The molecule has 4 nitrogen and oxygen atoms in total. The first-order valence-electron chi connectivity index (χ1n) is 19.0. The zero-order chi connectivity index (χ0) is 39.3. The second-order valence-corrected chi connectivity index (χ2v) is 17.6. The molecule has 8 heteroatoms. The Morgan fingerprint density at radius 3 is 1.33 bits per heavy atom. The van der Waals surface area contributed by atoms with Gasteiger partial charge in [-0.1, -0.05) is 139 Å². The molecule has 0 saturated heterocycles. The van der Waals surface area contributed by atoms with Crippen molar-refractivity contribution in [3.8, 4) is 22.3 Å². The van der Waals surface area contributed by atoms with Gasteiger partial charge in [-0.2, -0.15) is 12.1 Å². The number of hydrogen-bond donors (Lipinski definition) is 2. The Labute approximate surface area is 343 Å². The van der Waals surface area contributed by atoms with Gasteiger partial charge in [-0.3, -0.25) is 9.59 Å². The third-order valence-corrected chi connectivity index (χ3v) is 9.31. The van der Waals surface area contributed by atoms with Gasteiger partial charge in [-0.05, 0) is 46.9 Å². The summed E-state index contributed by atoms with van der Waals surface area (Å²) in [5.74, 6) is 1.09. The molecule has 2 N–H and O–H groups in total. The molecule has 0 fully saturated rings. The number of fused-ring (bicyclic) bond motifs is 2. The van der Waals surface area contributed by atoms with E-state index in [1.165, 1.54) is 105 Å². The van der Waals surface area contributed by atoms with Crippen LogP contribution in [0.4, 0.5) is 0 Å². The van der Waals surface area contributed by atoms with Crippen molar-refractivity contribution in [2.45, 2.75) is 91.9 Å². The Morgan fingerprint density at radius 2 is 0.981 bits per heavy atom. The van der Waals surface area contributed by atoms with E-state index in [2.05, 4.69) is 161 Å². The van der Waals surface area contributed by atoms with Crippen LogP contribution in [0.15, 0.2) is 109 Å². The Bertz CT molecular complexity index is 1860. The van der Waals surface area contributed by atoms with Crippen molar-refractivity contribution in [3.05, 3.63) is 131 Å². The zero-order valence-corrected chi connectivity index (χ0v) is 36.6. The average molecular weight is 840 g/mol. The summed E-state index contributed by atoms with van der Waals surface area (Å²) in [4.78, 5) is 18.8. The van der Waals surface area contributed by atoms with E-state index in [0.29, 0.717) is 24.7 Å². The molecule has 6 aromatic carbocycles. The molecule has 0 aliphatic carbocycles. The van der Waals surface area contributed by atoms with E-state index in [-0.39, 0.29) is 0 Å². The van der Waals surface area contributed by atoms with E-state index < -0.39 is 20.8 Å². The first-order chi connectivity index (χ1) is 26.2. The summed E-state index contributed by atoms with van der Waals surface area (Å²) in [7, 11) is 11.0. The number of benzene rings is 4. The number of halogens is 2. The molecule has 54 heavy (non-hydrogen) atoms. The zero-order valence-electron chi connectivity index (χ0n) is 32.6. The third kappa shape index (κ3) is 13.4. The fourth-order valence-corrected chi connectivity index (χ4v) is 6.72. The van der Waals surface area contributed by atoms with Crippen LogP contribution in [0.1, 0.15) is 101 Å². The van der Waals surface area contributed by atoms with Crippen molar-refractivity contribution in [3.63, 3.8) is 0 Å². The number of carbonyl (C=O) groups excluding carboxylic acids is 2. The van der Waals surface area contributed by atoms with E-state index in [1.54, 1.807) is 0 Å². The maximum atomic E-state index is 9.38. The summed E-state index contributed by atoms with van der Waals surface area (Å²) in [6.07, 6.45) is 8.34. The van der Waals surface area contributed by atoms with Crippen molar-refractivity contribution < 1.29 is 30.4 Å². The fraction of sp³-hybridized carbons (Fsp3) is 0.304. The van der Waals surface area contributed by atoms with Gasteiger partial charge < -0.3 is 10.5 Å². The molecule has 0 heterocycles. The van der Waals surface area contributed by atoms with Gasteiger partial charge in [0.2, 0.25) is 0 Å². The molecular formula is C46H54BCl2N2O2Zr. The van der Waals surface area contributed by atoms with Gasteiger partial charge in [0.05, 0.1) is 0 Å². The Kier molecular flexibility index (Phi) is 20.7. The van der Waals surface area contributed by atoms with Crippen LogP contribution in [0.25, 0.3) is 43.8 Å². The number of amides is 2. The van der Waals surface area contributed by atoms with Crippen LogP contribution in [-0.4, -0.2) is 20.4 Å². The number of carbonyl (C=O) groups is 2. The molecule has 6 aromatic rings. The molecule has 0 aliphatic rings. The van der Waals surface area contributed by atoms with Crippen LogP contribution in [0.5, 0.6) is 0 Å². The van der Waals surface area contributed by atoms with Crippen LogP contribution in [-0.2, 0) is 43.3 Å². The van der Waals surface area contributed by atoms with Gasteiger partial charge >= 0.3 is 45.4 Å². The summed E-state index contributed by atoms with van der Waals surface area (Å²) >= 11 is -0.826. The summed E-state index contributed by atoms with van der Waals surface area (Å²) in [6, 6.07) is 40.6. The van der Waals surface area contributed by atoms with Gasteiger partial charge in [-0.15, -0.1) is 69.1 Å². The van der Waals surface area contributed by atoms with E-state index in [4.69, 9.17) is 17.0 Å². The van der Waals surface area contributed by atoms with Gasteiger partial charge in [0.1, 0.15) is 0 Å². The first kappa shape index (κ1) is 45.0. The van der Waals surface area contributed by atoms with Crippen molar-refractivity contribution in [2.75, 3.05) is 0 Å². The van der Waals surface area contributed by atoms with Crippen molar-refractivity contribution in [2.24, 2.45) is 0 Å². The van der Waals surface area contributed by atoms with Crippen LogP contribution in [0, 0.1) is 0 Å². The number of aryl methyl sites for hydroxylation is 2. The molecule has 0 atom stereocenters. The Morgan fingerprint density at radius 1 is 0.611 bits per heavy atom. The SMILES string of the molecule is CCCCc1cc2c(-c3ccccc3C(C)C)cccc2[cH-]1.CCCCc1cc2c(-c3ccccc3C(C)C)cccc2[cH-]1.O=CN[B]NC=O.[Cl][Zr+2][Cl]. The number of nitrogens with one attached hydrogen (secondary N) is 2. The van der Waals surface area contributed by atoms with Gasteiger partial charge in [0.25, 0.3) is 0 Å². The summed E-state index contributed by atoms with van der Waals surface area (Å²) < 4.78 is 0. The third-order valence-electron chi connectivity index (χ3n) is 9.31. The molecule has 1 radical (unpaired) electrons. The number of unbranched alkanes of at least 4 members (excludes halogenated alkanes) is 2. The summed E-state index contributed by atoms with van der Waals surface area (Å²) in [6.45, 7) is 13.6. The minimum atomic E-state index is -0.826. The normalized spacial score (nSPS) is 10.3. The van der Waals surface area contributed by atoms with Gasteiger partial charge in [-0.25, -0.2) is 0 Å². The molecule has 0 saturated carbocycles. The second-order valence-electron chi connectivity index (χ2n) is 13.8. The first-order valence-corrected chi connectivity index (χ1v) is 25.3. The molecular weight excluding hydrogens is 785 g/mol. The average Bonchev–Trinajstić information content (AvgIpc) is 3.81. The molecule has 0 bridgehead atoms.